The molecule has 1 aromatic carbocycles. The minimum atomic E-state index is -0.0457. The molecule has 15 heavy (non-hydrogen) atoms. The summed E-state index contributed by atoms with van der Waals surface area (Å²) in [5, 5.41) is 0. The van der Waals surface area contributed by atoms with E-state index in [9.17, 15) is 4.79 Å². The third kappa shape index (κ3) is 2.32. The number of rotatable bonds is 1. The molecule has 0 aliphatic carbocycles. The van der Waals surface area contributed by atoms with Crippen LogP contribution in [0.25, 0.3) is 0 Å². The lowest BCUT2D eigenvalue weighted by Crippen LogP contribution is -2.26. The van der Waals surface area contributed by atoms with Gasteiger partial charge >= 0.3 is 0 Å². The molecule has 0 saturated carbocycles. The number of allylic oxidation sites excluding steroid dienone is 1. The Morgan fingerprint density at radius 1 is 1.33 bits per heavy atom. The van der Waals surface area contributed by atoms with Crippen LogP contribution in [0.2, 0.25) is 0 Å². The smallest absolute Gasteiger partial charge is 0.226 e. The Hall–Kier alpha value is -1.03. The highest BCUT2D eigenvalue weighted by molar-refractivity contribution is 9.10. The van der Waals surface area contributed by atoms with E-state index in [-0.39, 0.29) is 11.8 Å². The van der Waals surface area contributed by atoms with Crippen molar-refractivity contribution >= 4 is 29.7 Å². The normalized spacial score (nSPS) is 20.7. The molecule has 1 aliphatic rings. The van der Waals surface area contributed by atoms with Crippen LogP contribution in [0, 0.1) is 0 Å². The van der Waals surface area contributed by atoms with E-state index >= 15 is 0 Å². The van der Waals surface area contributed by atoms with Crippen LogP contribution < -0.4 is 0 Å². The molecule has 0 spiro atoms. The Bertz CT molecular complexity index is 402. The van der Waals surface area contributed by atoms with Gasteiger partial charge in [0.15, 0.2) is 5.78 Å². The zero-order chi connectivity index (χ0) is 10.8. The second-order valence-electron chi connectivity index (χ2n) is 3.50. The van der Waals surface area contributed by atoms with Gasteiger partial charge in [-0.3, -0.25) is 4.79 Å². The van der Waals surface area contributed by atoms with Crippen LogP contribution in [-0.4, -0.2) is 18.6 Å². The third-order valence-corrected chi connectivity index (χ3v) is 2.97. The molecule has 0 amide bonds. The summed E-state index contributed by atoms with van der Waals surface area (Å²) in [6.07, 6.45) is 3.57. The molecule has 74 valence electrons. The fourth-order valence-corrected chi connectivity index (χ4v) is 1.88. The van der Waals surface area contributed by atoms with Crippen LogP contribution in [-0.2, 0) is 4.79 Å². The van der Waals surface area contributed by atoms with Crippen molar-refractivity contribution in [3.05, 3.63) is 46.6 Å². The SMILES string of the molecule is [B]N1C=CC(=O)CC1c1ccc(Br)cc1. The van der Waals surface area contributed by atoms with Crippen LogP contribution in [0.15, 0.2) is 41.0 Å². The van der Waals surface area contributed by atoms with Crippen molar-refractivity contribution in [2.45, 2.75) is 12.5 Å². The summed E-state index contributed by atoms with van der Waals surface area (Å²) in [7, 11) is 5.79. The first kappa shape index (κ1) is 10.5. The van der Waals surface area contributed by atoms with Gasteiger partial charge in [-0.15, -0.1) is 0 Å². The quantitative estimate of drug-likeness (QED) is 0.724. The number of nitrogens with zero attached hydrogens (tertiary/aromatic N) is 1. The fraction of sp³-hybridized carbons (Fsp3) is 0.182. The first-order chi connectivity index (χ1) is 7.16. The van der Waals surface area contributed by atoms with Crippen molar-refractivity contribution in [2.24, 2.45) is 0 Å². The molecule has 2 radical (unpaired) electrons. The maximum atomic E-state index is 11.3. The summed E-state index contributed by atoms with van der Waals surface area (Å²) >= 11 is 3.37. The largest absolute Gasteiger partial charge is 0.424 e. The first-order valence-corrected chi connectivity index (χ1v) is 5.45. The molecule has 0 bridgehead atoms. The molecule has 1 aromatic rings. The summed E-state index contributed by atoms with van der Waals surface area (Å²) in [4.78, 5) is 12.9. The van der Waals surface area contributed by atoms with Gasteiger partial charge in [0.25, 0.3) is 0 Å². The van der Waals surface area contributed by atoms with E-state index in [1.807, 2.05) is 24.3 Å². The van der Waals surface area contributed by atoms with Gasteiger partial charge < -0.3 is 4.81 Å². The number of carbonyl (C=O) groups excluding carboxylic acids is 1. The predicted octanol–water partition coefficient (Wildman–Crippen LogP) is 2.36. The van der Waals surface area contributed by atoms with Crippen molar-refractivity contribution in [1.82, 2.24) is 4.81 Å². The first-order valence-electron chi connectivity index (χ1n) is 4.66. The van der Waals surface area contributed by atoms with Crippen molar-refractivity contribution in [1.29, 1.82) is 0 Å². The van der Waals surface area contributed by atoms with Crippen molar-refractivity contribution in [2.75, 3.05) is 0 Å². The van der Waals surface area contributed by atoms with Gasteiger partial charge in [-0.05, 0) is 30.0 Å². The summed E-state index contributed by atoms with van der Waals surface area (Å²) in [5.41, 5.74) is 1.05. The summed E-state index contributed by atoms with van der Waals surface area (Å²) < 4.78 is 1.02. The topological polar surface area (TPSA) is 20.3 Å². The van der Waals surface area contributed by atoms with Gasteiger partial charge in [-0.1, -0.05) is 28.1 Å². The van der Waals surface area contributed by atoms with E-state index in [2.05, 4.69) is 15.9 Å². The maximum absolute atomic E-state index is 11.3. The van der Waals surface area contributed by atoms with Crippen LogP contribution >= 0.6 is 15.9 Å². The third-order valence-electron chi connectivity index (χ3n) is 2.44. The summed E-state index contributed by atoms with van der Waals surface area (Å²) in [5.74, 6) is 0.115. The van der Waals surface area contributed by atoms with Crippen molar-refractivity contribution in [3.8, 4) is 0 Å². The highest BCUT2D eigenvalue weighted by atomic mass is 79.9. The molecule has 2 rings (SSSR count). The van der Waals surface area contributed by atoms with Gasteiger partial charge in [0.1, 0.15) is 0 Å². The van der Waals surface area contributed by atoms with E-state index in [4.69, 9.17) is 7.98 Å². The van der Waals surface area contributed by atoms with Crippen molar-refractivity contribution in [3.63, 3.8) is 0 Å². The lowest BCUT2D eigenvalue weighted by molar-refractivity contribution is -0.115. The van der Waals surface area contributed by atoms with E-state index in [1.165, 1.54) is 6.08 Å². The summed E-state index contributed by atoms with van der Waals surface area (Å²) in [6.45, 7) is 0. The number of halogens is 1. The van der Waals surface area contributed by atoms with E-state index < -0.39 is 0 Å². The predicted molar refractivity (Wildman–Crippen MR) is 63.2 cm³/mol. The standard InChI is InChI=1S/C11H9BBrNO/c12-14-6-5-10(15)7-11(14)8-1-3-9(13)4-2-8/h1-6,11H,7H2. The molecular weight excluding hydrogens is 253 g/mol. The molecule has 0 fully saturated rings. The molecule has 0 saturated heterocycles. The average molecular weight is 262 g/mol. The Labute approximate surface area is 98.5 Å². The number of hydrogen-bond donors (Lipinski definition) is 0. The number of benzene rings is 1. The molecule has 0 aromatic heterocycles. The second-order valence-corrected chi connectivity index (χ2v) is 4.42. The molecule has 1 unspecified atom stereocenters. The molecular formula is C11H9BBrNO. The molecule has 1 atom stereocenters. The van der Waals surface area contributed by atoms with E-state index in [0.717, 1.165) is 10.0 Å². The highest BCUT2D eigenvalue weighted by Gasteiger charge is 2.20. The Kier molecular flexibility index (Phi) is 2.96. The molecule has 1 aliphatic heterocycles. The van der Waals surface area contributed by atoms with Crippen LogP contribution in [0.1, 0.15) is 18.0 Å². The van der Waals surface area contributed by atoms with E-state index in [1.54, 1.807) is 11.0 Å². The number of carbonyl (C=O) groups is 1. The maximum Gasteiger partial charge on any atom is 0.226 e. The lowest BCUT2D eigenvalue weighted by Gasteiger charge is -2.30. The Morgan fingerprint density at radius 2 is 2.00 bits per heavy atom. The average Bonchev–Trinajstić information content (AvgIpc) is 2.23. The Morgan fingerprint density at radius 3 is 2.67 bits per heavy atom. The molecule has 2 nitrogen and oxygen atoms in total. The molecule has 4 heteroatoms. The van der Waals surface area contributed by atoms with Crippen LogP contribution in [0.3, 0.4) is 0 Å². The molecule has 1 heterocycles. The van der Waals surface area contributed by atoms with Gasteiger partial charge in [-0.2, -0.15) is 0 Å². The van der Waals surface area contributed by atoms with Gasteiger partial charge in [-0.25, -0.2) is 0 Å². The fourth-order valence-electron chi connectivity index (χ4n) is 1.61. The second kappa shape index (κ2) is 4.23. The number of hydrogen-bond acceptors (Lipinski definition) is 2. The Balaban J connectivity index is 2.27. The van der Waals surface area contributed by atoms with Crippen molar-refractivity contribution < 1.29 is 4.79 Å². The van der Waals surface area contributed by atoms with Gasteiger partial charge in [0.05, 0.1) is 0 Å². The zero-order valence-corrected chi connectivity index (χ0v) is 9.65. The minimum absolute atomic E-state index is 0.0457. The van der Waals surface area contributed by atoms with Crippen LogP contribution in [0.4, 0.5) is 0 Å². The van der Waals surface area contributed by atoms with Gasteiger partial charge in [0, 0.05) is 16.9 Å². The lowest BCUT2D eigenvalue weighted by atomic mass is 9.95. The van der Waals surface area contributed by atoms with E-state index in [0.29, 0.717) is 6.42 Å². The zero-order valence-electron chi connectivity index (χ0n) is 8.06. The number of ketones is 1. The summed E-state index contributed by atoms with van der Waals surface area (Å²) in [6, 6.07) is 7.80. The van der Waals surface area contributed by atoms with Gasteiger partial charge in [0.2, 0.25) is 7.98 Å². The monoisotopic (exact) mass is 261 g/mol. The molecule has 0 N–H and O–H groups in total. The minimum Gasteiger partial charge on any atom is -0.424 e. The highest BCUT2D eigenvalue weighted by Crippen LogP contribution is 2.27. The van der Waals surface area contributed by atoms with Crippen LogP contribution in [0.5, 0.6) is 0 Å².